The SMILES string of the molecule is COc1cc2nc(C)nc(N[C@H](C)c3cccc(C(F)F)c3F)c2cc1P1(=O)CCN(S(C)(=O)=O)CC1. The molecule has 1 fully saturated rings. The van der Waals surface area contributed by atoms with Gasteiger partial charge in [-0.25, -0.2) is 35.9 Å². The second-order valence-electron chi connectivity index (χ2n) is 9.08. The molecule has 4 rings (SSSR count). The van der Waals surface area contributed by atoms with Gasteiger partial charge in [-0.05, 0) is 19.9 Å². The van der Waals surface area contributed by atoms with E-state index in [0.29, 0.717) is 33.6 Å². The van der Waals surface area contributed by atoms with Gasteiger partial charge in [0, 0.05) is 42.4 Å². The molecule has 0 aliphatic carbocycles. The number of benzene rings is 2. The zero-order valence-electron chi connectivity index (χ0n) is 20.8. The van der Waals surface area contributed by atoms with Crippen LogP contribution in [0.4, 0.5) is 19.0 Å². The van der Waals surface area contributed by atoms with Crippen molar-refractivity contribution in [1.82, 2.24) is 14.3 Å². The van der Waals surface area contributed by atoms with E-state index >= 15 is 0 Å². The lowest BCUT2D eigenvalue weighted by molar-refractivity contribution is 0.146. The fraction of sp³-hybridized carbons (Fsp3) is 0.417. The van der Waals surface area contributed by atoms with Crippen molar-refractivity contribution in [2.75, 3.05) is 44.1 Å². The second kappa shape index (κ2) is 10.2. The van der Waals surface area contributed by atoms with Crippen LogP contribution in [0.25, 0.3) is 10.9 Å². The summed E-state index contributed by atoms with van der Waals surface area (Å²) in [6.45, 7) is 3.56. The molecule has 2 heterocycles. The molecular formula is C24H28F3N4O4PS. The summed E-state index contributed by atoms with van der Waals surface area (Å²) in [5.74, 6) is 0.113. The maximum absolute atomic E-state index is 14.8. The number of hydrogen-bond donors (Lipinski definition) is 1. The predicted octanol–water partition coefficient (Wildman–Crippen LogP) is 4.46. The second-order valence-corrected chi connectivity index (χ2v) is 14.2. The Hall–Kier alpha value is -2.69. The first-order valence-corrected chi connectivity index (χ1v) is 15.5. The molecule has 0 saturated carbocycles. The lowest BCUT2D eigenvalue weighted by atomic mass is 10.0. The molecule has 0 radical (unpaired) electrons. The summed E-state index contributed by atoms with van der Waals surface area (Å²) in [6, 6.07) is 6.44. The average Bonchev–Trinajstić information content (AvgIpc) is 2.82. The number of nitrogens with zero attached hydrogens (tertiary/aromatic N) is 3. The van der Waals surface area contributed by atoms with E-state index in [1.54, 1.807) is 26.0 Å². The van der Waals surface area contributed by atoms with Crippen LogP contribution in [0.5, 0.6) is 5.75 Å². The van der Waals surface area contributed by atoms with Crippen LogP contribution in [0.2, 0.25) is 0 Å². The highest BCUT2D eigenvalue weighted by Gasteiger charge is 2.36. The molecule has 0 unspecified atom stereocenters. The standard InChI is InChI=1S/C24H28F3N4O4PS/c1-14(16-6-5-7-17(22(16)25)23(26)27)28-24-18-12-21(20(35-3)13-19(18)29-15(2)30-24)36(32)10-8-31(9-11-36)37(4,33)34/h5-7,12-14,23H,8-11H2,1-4H3,(H,28,29,30)/t14-/m1/s1. The Kier molecular flexibility index (Phi) is 7.56. The highest BCUT2D eigenvalue weighted by atomic mass is 32.2. The van der Waals surface area contributed by atoms with E-state index in [1.165, 1.54) is 23.5 Å². The summed E-state index contributed by atoms with van der Waals surface area (Å²) >= 11 is 0. The van der Waals surface area contributed by atoms with Crippen LogP contribution in [-0.2, 0) is 14.6 Å². The number of nitrogens with one attached hydrogen (secondary N) is 1. The van der Waals surface area contributed by atoms with Gasteiger partial charge in [-0.2, -0.15) is 0 Å². The van der Waals surface area contributed by atoms with Crippen molar-refractivity contribution in [2.24, 2.45) is 0 Å². The van der Waals surface area contributed by atoms with Gasteiger partial charge in [-0.3, -0.25) is 0 Å². The van der Waals surface area contributed by atoms with Crippen LogP contribution in [0.3, 0.4) is 0 Å². The van der Waals surface area contributed by atoms with Crippen LogP contribution in [0.1, 0.15) is 36.3 Å². The van der Waals surface area contributed by atoms with E-state index in [9.17, 15) is 26.2 Å². The first-order valence-electron chi connectivity index (χ1n) is 11.6. The van der Waals surface area contributed by atoms with E-state index in [-0.39, 0.29) is 31.0 Å². The van der Waals surface area contributed by atoms with Crippen LogP contribution < -0.4 is 15.4 Å². The van der Waals surface area contributed by atoms with Gasteiger partial charge in [0.05, 0.1) is 35.8 Å². The molecule has 1 aromatic heterocycles. The van der Waals surface area contributed by atoms with Crippen molar-refractivity contribution in [2.45, 2.75) is 26.3 Å². The van der Waals surface area contributed by atoms with Crippen LogP contribution in [0, 0.1) is 12.7 Å². The Morgan fingerprint density at radius 3 is 2.38 bits per heavy atom. The first-order chi connectivity index (χ1) is 17.3. The lowest BCUT2D eigenvalue weighted by Gasteiger charge is -2.31. The van der Waals surface area contributed by atoms with Crippen molar-refractivity contribution in [1.29, 1.82) is 0 Å². The number of halogens is 3. The zero-order chi connectivity index (χ0) is 27.1. The molecule has 3 aromatic rings. The van der Waals surface area contributed by atoms with Gasteiger partial charge in [0.15, 0.2) is 0 Å². The topological polar surface area (TPSA) is 101 Å². The smallest absolute Gasteiger partial charge is 0.266 e. The summed E-state index contributed by atoms with van der Waals surface area (Å²) in [5, 5.41) is 4.05. The van der Waals surface area contributed by atoms with Crippen molar-refractivity contribution < 1.29 is 30.9 Å². The Balaban J connectivity index is 1.76. The van der Waals surface area contributed by atoms with E-state index < -0.39 is 41.0 Å². The number of hydrogen-bond acceptors (Lipinski definition) is 7. The summed E-state index contributed by atoms with van der Waals surface area (Å²) in [6.07, 6.45) is -1.52. The van der Waals surface area contributed by atoms with Crippen LogP contribution >= 0.6 is 7.14 Å². The summed E-state index contributed by atoms with van der Waals surface area (Å²) in [4.78, 5) is 8.90. The average molecular weight is 557 g/mol. The Labute approximate surface area is 213 Å². The van der Waals surface area contributed by atoms with Gasteiger partial charge in [0.1, 0.15) is 30.4 Å². The maximum atomic E-state index is 14.8. The Bertz CT molecular complexity index is 1490. The molecule has 200 valence electrons. The molecule has 0 amide bonds. The number of aromatic nitrogens is 2. The third kappa shape index (κ3) is 5.46. The normalized spacial score (nSPS) is 17.2. The molecule has 1 N–H and O–H groups in total. The Morgan fingerprint density at radius 1 is 1.14 bits per heavy atom. The number of aryl methyl sites for hydroxylation is 1. The molecule has 1 aliphatic rings. The van der Waals surface area contributed by atoms with Gasteiger partial charge in [-0.15, -0.1) is 0 Å². The molecule has 0 bridgehead atoms. The maximum Gasteiger partial charge on any atom is 0.266 e. The van der Waals surface area contributed by atoms with Gasteiger partial charge >= 0.3 is 0 Å². The summed E-state index contributed by atoms with van der Waals surface area (Å²) < 4.78 is 86.0. The molecule has 2 aromatic carbocycles. The Morgan fingerprint density at radius 2 is 1.78 bits per heavy atom. The minimum absolute atomic E-state index is 0.0527. The molecule has 13 heteroatoms. The molecule has 1 saturated heterocycles. The predicted molar refractivity (Wildman–Crippen MR) is 138 cm³/mol. The quantitative estimate of drug-likeness (QED) is 0.429. The van der Waals surface area contributed by atoms with Gasteiger partial charge in [0.2, 0.25) is 10.0 Å². The van der Waals surface area contributed by atoms with Crippen molar-refractivity contribution >= 4 is 39.2 Å². The number of ether oxygens (including phenoxy) is 1. The van der Waals surface area contributed by atoms with Crippen molar-refractivity contribution in [3.63, 3.8) is 0 Å². The van der Waals surface area contributed by atoms with Crippen molar-refractivity contribution in [3.8, 4) is 5.75 Å². The number of rotatable bonds is 7. The first kappa shape index (κ1) is 27.3. The number of anilines is 1. The highest BCUT2D eigenvalue weighted by Crippen LogP contribution is 2.50. The van der Waals surface area contributed by atoms with Gasteiger partial charge in [-0.1, -0.05) is 18.2 Å². The molecule has 1 aliphatic heterocycles. The van der Waals surface area contributed by atoms with E-state index in [0.717, 1.165) is 12.3 Å². The largest absolute Gasteiger partial charge is 0.496 e. The number of alkyl halides is 2. The number of fused-ring (bicyclic) bond motifs is 1. The number of sulfonamides is 1. The van der Waals surface area contributed by atoms with E-state index in [2.05, 4.69) is 15.3 Å². The third-order valence-corrected chi connectivity index (χ3v) is 10.9. The van der Waals surface area contributed by atoms with E-state index in [4.69, 9.17) is 4.74 Å². The molecule has 8 nitrogen and oxygen atoms in total. The summed E-state index contributed by atoms with van der Waals surface area (Å²) in [7, 11) is -4.98. The third-order valence-electron chi connectivity index (χ3n) is 6.55. The minimum atomic E-state index is -3.40. The minimum Gasteiger partial charge on any atom is -0.496 e. The fourth-order valence-electron chi connectivity index (χ4n) is 4.55. The van der Waals surface area contributed by atoms with E-state index in [1.807, 2.05) is 0 Å². The highest BCUT2D eigenvalue weighted by molar-refractivity contribution is 7.88. The number of methoxy groups -OCH3 is 1. The molecule has 0 spiro atoms. The molecule has 37 heavy (non-hydrogen) atoms. The van der Waals surface area contributed by atoms with Gasteiger partial charge < -0.3 is 14.6 Å². The fourth-order valence-corrected chi connectivity index (χ4v) is 8.42. The molecular weight excluding hydrogens is 528 g/mol. The zero-order valence-corrected chi connectivity index (χ0v) is 22.5. The summed E-state index contributed by atoms with van der Waals surface area (Å²) in [5.41, 5.74) is -0.136. The van der Waals surface area contributed by atoms with Gasteiger partial charge in [0.25, 0.3) is 6.43 Å². The molecule has 1 atom stereocenters. The van der Waals surface area contributed by atoms with Crippen molar-refractivity contribution in [3.05, 3.63) is 53.1 Å². The van der Waals surface area contributed by atoms with Crippen LogP contribution in [0.15, 0.2) is 30.3 Å². The van der Waals surface area contributed by atoms with Crippen LogP contribution in [-0.4, -0.2) is 61.5 Å². The monoisotopic (exact) mass is 556 g/mol. The lowest BCUT2D eigenvalue weighted by Crippen LogP contribution is -2.40.